The van der Waals surface area contributed by atoms with Crippen LogP contribution in [-0.4, -0.2) is 12.8 Å². The molecule has 0 unspecified atom stereocenters. The molecular formula is C4H3F3NO. The lowest BCUT2D eigenvalue weighted by atomic mass is 10.3. The predicted molar refractivity (Wildman–Crippen MR) is 22.2 cm³/mol. The van der Waals surface area contributed by atoms with E-state index in [-0.39, 0.29) is 0 Å². The maximum absolute atomic E-state index is 11.6. The van der Waals surface area contributed by atoms with Gasteiger partial charge < -0.3 is 0 Å². The molecular weight excluding hydrogens is 135 g/mol. The van der Waals surface area contributed by atoms with E-state index in [1.165, 1.54) is 0 Å². The average Bonchev–Trinajstić information content (AvgIpc) is 2.08. The molecule has 0 atom stereocenters. The van der Waals surface area contributed by atoms with E-state index in [9.17, 15) is 13.2 Å². The number of nitrogens with zero attached hydrogens (tertiary/aromatic N) is 1. The van der Waals surface area contributed by atoms with Crippen LogP contribution in [0, 0.1) is 0 Å². The quantitative estimate of drug-likeness (QED) is 0.489. The van der Waals surface area contributed by atoms with Gasteiger partial charge in [-0.25, -0.2) is 4.84 Å². The van der Waals surface area contributed by atoms with Crippen molar-refractivity contribution in [3.63, 3.8) is 0 Å². The van der Waals surface area contributed by atoms with Crippen molar-refractivity contribution in [1.29, 1.82) is 0 Å². The van der Waals surface area contributed by atoms with Crippen LogP contribution in [-0.2, 0) is 4.84 Å². The minimum atomic E-state index is -4.28. The fourth-order valence-electron chi connectivity index (χ4n) is 0.400. The largest absolute Gasteiger partial charge is 0.416 e. The molecule has 0 aromatic carbocycles. The van der Waals surface area contributed by atoms with E-state index in [4.69, 9.17) is 0 Å². The molecule has 1 aliphatic rings. The molecule has 1 rings (SSSR count). The predicted octanol–water partition coefficient (Wildman–Crippen LogP) is 0.982. The summed E-state index contributed by atoms with van der Waals surface area (Å²) in [6.45, 7) is -0.455. The minimum absolute atomic E-state index is 0.455. The number of hydrogen-bond acceptors (Lipinski definition) is 1. The zero-order chi connectivity index (χ0) is 6.91. The molecule has 0 spiro atoms. The Morgan fingerprint density at radius 2 is 2.22 bits per heavy atom. The highest BCUT2D eigenvalue weighted by Crippen LogP contribution is 2.26. The highest BCUT2D eigenvalue weighted by Gasteiger charge is 2.36. The Labute approximate surface area is 49.3 Å². The first kappa shape index (κ1) is 6.41. The van der Waals surface area contributed by atoms with E-state index in [0.29, 0.717) is 6.20 Å². The van der Waals surface area contributed by atoms with E-state index < -0.39 is 18.4 Å². The van der Waals surface area contributed by atoms with Crippen LogP contribution in [0.5, 0.6) is 0 Å². The topological polar surface area (TPSA) is 23.3 Å². The second-order valence-corrected chi connectivity index (χ2v) is 1.53. The Hall–Kier alpha value is -0.710. The van der Waals surface area contributed by atoms with Gasteiger partial charge >= 0.3 is 6.18 Å². The molecule has 5 heteroatoms. The van der Waals surface area contributed by atoms with E-state index in [1.807, 2.05) is 0 Å². The Kier molecular flexibility index (Phi) is 1.36. The summed E-state index contributed by atoms with van der Waals surface area (Å²) in [5, 5.41) is 0. The van der Waals surface area contributed by atoms with E-state index >= 15 is 0 Å². The van der Waals surface area contributed by atoms with Crippen molar-refractivity contribution in [2.45, 2.75) is 6.18 Å². The van der Waals surface area contributed by atoms with Crippen molar-refractivity contribution in [1.82, 2.24) is 5.48 Å². The summed E-state index contributed by atoms with van der Waals surface area (Å²) in [5.41, 5.74) is 2.22. The normalized spacial score (nSPS) is 19.2. The van der Waals surface area contributed by atoms with Crippen LogP contribution in [0.3, 0.4) is 0 Å². The maximum Gasteiger partial charge on any atom is 0.416 e. The first-order chi connectivity index (χ1) is 4.11. The second kappa shape index (κ2) is 1.91. The standard InChI is InChI=1S/C4H3F3NO/c5-4(6,7)3-1-8-9-2-3/h1H,2H2. The zero-order valence-electron chi connectivity index (χ0n) is 4.27. The summed E-state index contributed by atoms with van der Waals surface area (Å²) >= 11 is 0. The van der Waals surface area contributed by atoms with Gasteiger partial charge in [-0.3, -0.25) is 0 Å². The molecule has 0 saturated carbocycles. The average molecular weight is 138 g/mol. The molecule has 1 radical (unpaired) electrons. The van der Waals surface area contributed by atoms with Crippen LogP contribution in [0.4, 0.5) is 13.2 Å². The van der Waals surface area contributed by atoms with Crippen molar-refractivity contribution in [3.05, 3.63) is 11.8 Å². The third-order valence-electron chi connectivity index (χ3n) is 0.867. The van der Waals surface area contributed by atoms with Gasteiger partial charge in [-0.2, -0.15) is 13.2 Å². The van der Waals surface area contributed by atoms with Crippen molar-refractivity contribution in [3.8, 4) is 0 Å². The van der Waals surface area contributed by atoms with Gasteiger partial charge in [0.25, 0.3) is 0 Å². The Morgan fingerprint density at radius 3 is 2.44 bits per heavy atom. The van der Waals surface area contributed by atoms with Crippen LogP contribution >= 0.6 is 0 Å². The lowest BCUT2D eigenvalue weighted by molar-refractivity contribution is -0.0971. The van der Waals surface area contributed by atoms with Gasteiger partial charge in [0, 0.05) is 0 Å². The number of halogens is 3. The molecule has 0 bridgehead atoms. The lowest BCUT2D eigenvalue weighted by Crippen LogP contribution is -2.12. The molecule has 0 amide bonds. The number of hydroxylamine groups is 1. The molecule has 0 aromatic heterocycles. The monoisotopic (exact) mass is 138 g/mol. The van der Waals surface area contributed by atoms with E-state index in [2.05, 4.69) is 10.3 Å². The summed E-state index contributed by atoms with van der Waals surface area (Å²) < 4.78 is 34.7. The van der Waals surface area contributed by atoms with Gasteiger partial charge in [0.1, 0.15) is 6.61 Å². The maximum atomic E-state index is 11.6. The molecule has 1 aliphatic heterocycles. The van der Waals surface area contributed by atoms with Crippen LogP contribution < -0.4 is 5.48 Å². The van der Waals surface area contributed by atoms with Crippen LogP contribution in [0.2, 0.25) is 0 Å². The SMILES string of the molecule is FC(F)(F)C1=C[N]OC1. The highest BCUT2D eigenvalue weighted by molar-refractivity contribution is 5.09. The first-order valence-electron chi connectivity index (χ1n) is 2.19. The Morgan fingerprint density at radius 1 is 1.56 bits per heavy atom. The molecule has 0 saturated heterocycles. The summed E-state index contributed by atoms with van der Waals surface area (Å²) in [6, 6.07) is 0. The van der Waals surface area contributed by atoms with Crippen molar-refractivity contribution >= 4 is 0 Å². The fourth-order valence-corrected chi connectivity index (χ4v) is 0.400. The number of hydrogen-bond donors (Lipinski definition) is 0. The van der Waals surface area contributed by atoms with Gasteiger partial charge in [0.15, 0.2) is 0 Å². The molecule has 1 heterocycles. The van der Waals surface area contributed by atoms with Crippen molar-refractivity contribution in [2.24, 2.45) is 0 Å². The summed E-state index contributed by atoms with van der Waals surface area (Å²) in [7, 11) is 0. The Bertz CT molecular complexity index is 139. The highest BCUT2D eigenvalue weighted by atomic mass is 19.4. The molecule has 9 heavy (non-hydrogen) atoms. The van der Waals surface area contributed by atoms with Crippen molar-refractivity contribution < 1.29 is 18.0 Å². The number of rotatable bonds is 0. The van der Waals surface area contributed by atoms with Crippen LogP contribution in [0.25, 0.3) is 0 Å². The van der Waals surface area contributed by atoms with Crippen LogP contribution in [0.15, 0.2) is 11.8 Å². The number of alkyl halides is 3. The molecule has 0 aliphatic carbocycles. The lowest BCUT2D eigenvalue weighted by Gasteiger charge is -2.02. The fraction of sp³-hybridized carbons (Fsp3) is 0.500. The molecule has 51 valence electrons. The van der Waals surface area contributed by atoms with Gasteiger partial charge in [0.2, 0.25) is 0 Å². The first-order valence-corrected chi connectivity index (χ1v) is 2.19. The summed E-state index contributed by atoms with van der Waals surface area (Å²) in [4.78, 5) is 4.10. The van der Waals surface area contributed by atoms with Crippen molar-refractivity contribution in [2.75, 3.05) is 6.61 Å². The minimum Gasteiger partial charge on any atom is -0.247 e. The molecule has 0 aromatic rings. The van der Waals surface area contributed by atoms with Gasteiger partial charge in [0.05, 0.1) is 11.8 Å². The third-order valence-corrected chi connectivity index (χ3v) is 0.867. The molecule has 0 N–H and O–H groups in total. The van der Waals surface area contributed by atoms with E-state index in [1.54, 1.807) is 0 Å². The zero-order valence-corrected chi connectivity index (χ0v) is 4.27. The third kappa shape index (κ3) is 1.35. The second-order valence-electron chi connectivity index (χ2n) is 1.53. The van der Waals surface area contributed by atoms with Gasteiger partial charge in [-0.1, -0.05) is 0 Å². The molecule has 0 fully saturated rings. The van der Waals surface area contributed by atoms with Gasteiger partial charge in [-0.05, 0) is 0 Å². The summed E-state index contributed by atoms with van der Waals surface area (Å²) in [5.74, 6) is 0. The van der Waals surface area contributed by atoms with Crippen LogP contribution in [0.1, 0.15) is 0 Å². The van der Waals surface area contributed by atoms with E-state index in [0.717, 1.165) is 0 Å². The molecule has 2 nitrogen and oxygen atoms in total. The Balaban J connectivity index is 2.61. The van der Waals surface area contributed by atoms with Gasteiger partial charge in [-0.15, -0.1) is 5.48 Å². The smallest absolute Gasteiger partial charge is 0.247 e. The summed E-state index contributed by atoms with van der Waals surface area (Å²) in [6.07, 6.45) is -3.60.